The molecule has 0 aliphatic carbocycles. The second-order valence-corrected chi connectivity index (χ2v) is 4.19. The van der Waals surface area contributed by atoms with Crippen molar-refractivity contribution in [1.82, 2.24) is 0 Å². The fourth-order valence-electron chi connectivity index (χ4n) is 1.51. The molecule has 1 rings (SSSR count). The minimum Gasteiger partial charge on any atom is -0.485 e. The zero-order chi connectivity index (χ0) is 12.8. The molecular formula is C12H16BrFO3. The number of allylic oxidation sites excluding steroid dienone is 4. The Hall–Kier alpha value is -0.650. The number of hydrogen-bond donors (Lipinski definition) is 1. The van der Waals surface area contributed by atoms with E-state index in [1.165, 1.54) is 12.2 Å². The average molecular weight is 307 g/mol. The highest BCUT2D eigenvalue weighted by Gasteiger charge is 2.30. The summed E-state index contributed by atoms with van der Waals surface area (Å²) in [6.07, 6.45) is 1.63. The Morgan fingerprint density at radius 3 is 3.12 bits per heavy atom. The van der Waals surface area contributed by atoms with Crippen LogP contribution in [0, 0.1) is 0 Å². The maximum atomic E-state index is 13.3. The molecule has 5 heteroatoms. The Morgan fingerprint density at radius 2 is 2.53 bits per heavy atom. The lowest BCUT2D eigenvalue weighted by Crippen LogP contribution is -2.27. The lowest BCUT2D eigenvalue weighted by molar-refractivity contribution is -0.155. The third-order valence-electron chi connectivity index (χ3n) is 2.31. The molecule has 1 saturated heterocycles. The molecule has 1 heterocycles. The van der Waals surface area contributed by atoms with Gasteiger partial charge < -0.3 is 14.6 Å². The molecule has 0 amide bonds. The topological polar surface area (TPSA) is 38.7 Å². The van der Waals surface area contributed by atoms with E-state index in [9.17, 15) is 9.50 Å². The fourth-order valence-corrected chi connectivity index (χ4v) is 1.82. The standard InChI is InChI=1S/C12H16BrFO3/c1-3-16-12(15)11-7-9(8(2)17-11)6-10(14)4-5-13/h4,6,11-12,15H,2-3,5,7H2,1H3/b9-6-,10-4+/t11-,12-/m0/s1. The van der Waals surface area contributed by atoms with E-state index in [-0.39, 0.29) is 5.83 Å². The van der Waals surface area contributed by atoms with Gasteiger partial charge in [0.25, 0.3) is 0 Å². The third-order valence-corrected chi connectivity index (χ3v) is 2.64. The van der Waals surface area contributed by atoms with Crippen molar-refractivity contribution in [3.63, 3.8) is 0 Å². The van der Waals surface area contributed by atoms with Gasteiger partial charge in [0.2, 0.25) is 0 Å². The van der Waals surface area contributed by atoms with Gasteiger partial charge >= 0.3 is 0 Å². The van der Waals surface area contributed by atoms with Crippen molar-refractivity contribution < 1.29 is 19.0 Å². The molecule has 0 radical (unpaired) electrons. The molecule has 1 aliphatic heterocycles. The van der Waals surface area contributed by atoms with E-state index in [1.54, 1.807) is 6.92 Å². The second-order valence-electron chi connectivity index (χ2n) is 3.54. The van der Waals surface area contributed by atoms with E-state index in [1.807, 2.05) is 0 Å². The number of aliphatic hydroxyl groups is 1. The molecule has 1 N–H and O–H groups in total. The van der Waals surface area contributed by atoms with Gasteiger partial charge in [-0.2, -0.15) is 0 Å². The van der Waals surface area contributed by atoms with Crippen molar-refractivity contribution in [2.24, 2.45) is 0 Å². The predicted octanol–water partition coefficient (Wildman–Crippen LogP) is 2.82. The van der Waals surface area contributed by atoms with Crippen LogP contribution < -0.4 is 0 Å². The minimum absolute atomic E-state index is 0.354. The van der Waals surface area contributed by atoms with E-state index in [4.69, 9.17) is 9.47 Å². The van der Waals surface area contributed by atoms with Crippen molar-refractivity contribution >= 4 is 15.9 Å². The number of halogens is 2. The first-order valence-corrected chi connectivity index (χ1v) is 6.48. The number of aliphatic hydroxyl groups excluding tert-OH is 1. The van der Waals surface area contributed by atoms with Gasteiger partial charge in [-0.05, 0) is 19.1 Å². The van der Waals surface area contributed by atoms with Crippen LogP contribution in [-0.2, 0) is 9.47 Å². The Morgan fingerprint density at radius 1 is 1.82 bits per heavy atom. The molecule has 1 fully saturated rings. The second kappa shape index (κ2) is 6.93. The summed E-state index contributed by atoms with van der Waals surface area (Å²) in [6, 6.07) is 0. The zero-order valence-electron chi connectivity index (χ0n) is 9.66. The van der Waals surface area contributed by atoms with Gasteiger partial charge in [0.05, 0.1) is 0 Å². The summed E-state index contributed by atoms with van der Waals surface area (Å²) in [5.74, 6) is 0.0278. The lowest BCUT2D eigenvalue weighted by Gasteiger charge is -2.16. The smallest absolute Gasteiger partial charge is 0.192 e. The van der Waals surface area contributed by atoms with Crippen LogP contribution in [0.3, 0.4) is 0 Å². The first-order chi connectivity index (χ1) is 8.08. The number of alkyl halides is 1. The monoisotopic (exact) mass is 306 g/mol. The molecule has 0 aromatic carbocycles. The van der Waals surface area contributed by atoms with Crippen LogP contribution in [0.1, 0.15) is 13.3 Å². The van der Waals surface area contributed by atoms with E-state index in [0.29, 0.717) is 29.7 Å². The molecule has 2 atom stereocenters. The first kappa shape index (κ1) is 14.4. The molecule has 0 bridgehead atoms. The average Bonchev–Trinajstić information content (AvgIpc) is 2.61. The highest BCUT2D eigenvalue weighted by Crippen LogP contribution is 2.31. The van der Waals surface area contributed by atoms with Gasteiger partial charge in [-0.15, -0.1) is 0 Å². The first-order valence-electron chi connectivity index (χ1n) is 5.36. The molecular weight excluding hydrogens is 291 g/mol. The summed E-state index contributed by atoms with van der Waals surface area (Å²) < 4.78 is 23.6. The summed E-state index contributed by atoms with van der Waals surface area (Å²) in [4.78, 5) is 0. The van der Waals surface area contributed by atoms with Crippen molar-refractivity contribution in [2.75, 3.05) is 11.9 Å². The molecule has 0 spiro atoms. The molecule has 0 aromatic heterocycles. The summed E-state index contributed by atoms with van der Waals surface area (Å²) >= 11 is 3.11. The maximum Gasteiger partial charge on any atom is 0.192 e. The normalized spacial score (nSPS) is 25.2. The predicted molar refractivity (Wildman–Crippen MR) is 67.3 cm³/mol. The van der Waals surface area contributed by atoms with Crippen LogP contribution in [0.25, 0.3) is 0 Å². The molecule has 0 unspecified atom stereocenters. The summed E-state index contributed by atoms with van der Waals surface area (Å²) in [7, 11) is 0. The third kappa shape index (κ3) is 4.26. The highest BCUT2D eigenvalue weighted by atomic mass is 79.9. The van der Waals surface area contributed by atoms with Crippen LogP contribution in [-0.4, -0.2) is 29.4 Å². The van der Waals surface area contributed by atoms with Gasteiger partial charge in [-0.3, -0.25) is 0 Å². The van der Waals surface area contributed by atoms with Crippen molar-refractivity contribution in [3.8, 4) is 0 Å². The number of hydrogen-bond acceptors (Lipinski definition) is 3. The van der Waals surface area contributed by atoms with Gasteiger partial charge in [0.15, 0.2) is 12.4 Å². The SMILES string of the molecule is C=C1O[C@H]([C@@H](O)OCC)C/C1=C/C(F)=C\CBr. The molecule has 1 aliphatic rings. The van der Waals surface area contributed by atoms with Gasteiger partial charge in [-0.25, -0.2) is 4.39 Å². The lowest BCUT2D eigenvalue weighted by atomic mass is 10.1. The van der Waals surface area contributed by atoms with E-state index in [2.05, 4.69) is 22.5 Å². The van der Waals surface area contributed by atoms with Crippen LogP contribution in [0.15, 0.2) is 35.9 Å². The molecule has 3 nitrogen and oxygen atoms in total. The van der Waals surface area contributed by atoms with Gasteiger partial charge in [0, 0.05) is 23.9 Å². The summed E-state index contributed by atoms with van der Waals surface area (Å²) in [6.45, 7) is 5.85. The van der Waals surface area contributed by atoms with Crippen LogP contribution in [0.2, 0.25) is 0 Å². The van der Waals surface area contributed by atoms with Gasteiger partial charge in [-0.1, -0.05) is 22.5 Å². The highest BCUT2D eigenvalue weighted by molar-refractivity contribution is 9.09. The molecule has 0 saturated carbocycles. The van der Waals surface area contributed by atoms with E-state index >= 15 is 0 Å². The summed E-state index contributed by atoms with van der Waals surface area (Å²) in [5.41, 5.74) is 0.642. The minimum atomic E-state index is -1.01. The number of ether oxygens (including phenoxy) is 2. The van der Waals surface area contributed by atoms with Crippen molar-refractivity contribution in [2.45, 2.75) is 25.7 Å². The van der Waals surface area contributed by atoms with Crippen molar-refractivity contribution in [1.29, 1.82) is 0 Å². The van der Waals surface area contributed by atoms with Gasteiger partial charge in [0.1, 0.15) is 11.6 Å². The molecule has 96 valence electrons. The quantitative estimate of drug-likeness (QED) is 0.627. The van der Waals surface area contributed by atoms with Crippen molar-refractivity contribution in [3.05, 3.63) is 35.9 Å². The Balaban J connectivity index is 2.67. The van der Waals surface area contributed by atoms with Crippen LogP contribution in [0.4, 0.5) is 4.39 Å². The zero-order valence-corrected chi connectivity index (χ0v) is 11.2. The van der Waals surface area contributed by atoms with E-state index in [0.717, 1.165) is 0 Å². The Bertz CT molecular complexity index is 339. The van der Waals surface area contributed by atoms with Crippen LogP contribution in [0.5, 0.6) is 0 Å². The van der Waals surface area contributed by atoms with E-state index < -0.39 is 12.4 Å². The summed E-state index contributed by atoms with van der Waals surface area (Å²) in [5, 5.41) is 10.0. The number of rotatable bonds is 5. The molecule has 0 aromatic rings. The maximum absolute atomic E-state index is 13.3. The fraction of sp³-hybridized carbons (Fsp3) is 0.500. The largest absolute Gasteiger partial charge is 0.485 e. The Kier molecular flexibility index (Phi) is 5.88. The molecule has 17 heavy (non-hydrogen) atoms. The Labute approximate surface area is 109 Å². The van der Waals surface area contributed by atoms with Crippen LogP contribution >= 0.6 is 15.9 Å².